The third-order valence-electron chi connectivity index (χ3n) is 2.75. The van der Waals surface area contributed by atoms with Crippen LogP contribution in [0.5, 0.6) is 0 Å². The predicted molar refractivity (Wildman–Crippen MR) is 63.5 cm³/mol. The number of hydrogen-bond acceptors (Lipinski definition) is 2. The monoisotopic (exact) mass is 281 g/mol. The number of thioether (sulfide) groups is 1. The van der Waals surface area contributed by atoms with Gasteiger partial charge in [0, 0.05) is 18.0 Å². The fourth-order valence-corrected chi connectivity index (χ4v) is 2.94. The fourth-order valence-electron chi connectivity index (χ4n) is 1.98. The van der Waals surface area contributed by atoms with Crippen LogP contribution in [0.1, 0.15) is 24.0 Å². The van der Waals surface area contributed by atoms with Gasteiger partial charge in [0.25, 0.3) is 0 Å². The SMILES string of the molecule is CC1CNCc2c1ccc(SC(F)(F)F)c2Cl. The molecule has 17 heavy (non-hydrogen) atoms. The van der Waals surface area contributed by atoms with Crippen molar-refractivity contribution in [2.24, 2.45) is 0 Å². The summed E-state index contributed by atoms with van der Waals surface area (Å²) in [5.74, 6) is 0.279. The van der Waals surface area contributed by atoms with Gasteiger partial charge in [0.1, 0.15) is 0 Å². The first-order chi connectivity index (χ1) is 7.88. The van der Waals surface area contributed by atoms with Gasteiger partial charge < -0.3 is 5.32 Å². The van der Waals surface area contributed by atoms with E-state index < -0.39 is 5.51 Å². The van der Waals surface area contributed by atoms with Crippen molar-refractivity contribution in [3.05, 3.63) is 28.3 Å². The molecular weight excluding hydrogens is 271 g/mol. The van der Waals surface area contributed by atoms with Gasteiger partial charge in [-0.15, -0.1) is 0 Å². The average Bonchev–Trinajstić information content (AvgIpc) is 2.21. The second kappa shape index (κ2) is 4.71. The molecule has 0 aromatic heterocycles. The van der Waals surface area contributed by atoms with Crippen LogP contribution in [0.2, 0.25) is 5.02 Å². The summed E-state index contributed by atoms with van der Waals surface area (Å²) >= 11 is 5.88. The van der Waals surface area contributed by atoms with E-state index >= 15 is 0 Å². The molecule has 0 aliphatic carbocycles. The lowest BCUT2D eigenvalue weighted by molar-refractivity contribution is -0.0328. The van der Waals surface area contributed by atoms with Crippen molar-refractivity contribution < 1.29 is 13.2 Å². The molecule has 1 aliphatic rings. The maximum atomic E-state index is 12.3. The van der Waals surface area contributed by atoms with Gasteiger partial charge in [0.05, 0.1) is 5.02 Å². The van der Waals surface area contributed by atoms with Crippen LogP contribution in [-0.4, -0.2) is 12.1 Å². The minimum absolute atomic E-state index is 0.0776. The number of rotatable bonds is 1. The minimum atomic E-state index is -4.30. The van der Waals surface area contributed by atoms with Gasteiger partial charge in [0.15, 0.2) is 0 Å². The van der Waals surface area contributed by atoms with Crippen molar-refractivity contribution in [3.8, 4) is 0 Å². The highest BCUT2D eigenvalue weighted by Crippen LogP contribution is 2.43. The van der Waals surface area contributed by atoms with Gasteiger partial charge in [-0.1, -0.05) is 24.6 Å². The lowest BCUT2D eigenvalue weighted by Gasteiger charge is -2.25. The summed E-state index contributed by atoms with van der Waals surface area (Å²) in [5.41, 5.74) is -2.47. The maximum Gasteiger partial charge on any atom is 0.446 e. The summed E-state index contributed by atoms with van der Waals surface area (Å²) in [6, 6.07) is 3.21. The number of halogens is 4. The zero-order valence-corrected chi connectivity index (χ0v) is 10.6. The van der Waals surface area contributed by atoms with Crippen LogP contribution >= 0.6 is 23.4 Å². The zero-order chi connectivity index (χ0) is 12.6. The average molecular weight is 282 g/mol. The van der Waals surface area contributed by atoms with E-state index in [1.807, 2.05) is 6.92 Å². The Bertz CT molecular complexity index is 433. The molecule has 2 rings (SSSR count). The molecule has 6 heteroatoms. The van der Waals surface area contributed by atoms with Crippen molar-refractivity contribution in [1.29, 1.82) is 0 Å². The summed E-state index contributed by atoms with van der Waals surface area (Å²) in [7, 11) is 0. The molecule has 1 N–H and O–H groups in total. The fraction of sp³-hybridized carbons (Fsp3) is 0.455. The zero-order valence-electron chi connectivity index (χ0n) is 9.07. The highest BCUT2D eigenvalue weighted by Gasteiger charge is 2.31. The van der Waals surface area contributed by atoms with Gasteiger partial charge in [-0.2, -0.15) is 13.2 Å². The maximum absolute atomic E-state index is 12.3. The standard InChI is InChI=1S/C11H11ClF3NS/c1-6-4-16-5-8-7(6)2-3-9(10(8)12)17-11(13,14)15/h2-3,6,16H,4-5H2,1H3. The van der Waals surface area contributed by atoms with Gasteiger partial charge in [-0.3, -0.25) is 0 Å². The normalized spacial score (nSPS) is 20.2. The van der Waals surface area contributed by atoms with Crippen LogP contribution in [0.4, 0.5) is 13.2 Å². The van der Waals surface area contributed by atoms with Crippen molar-refractivity contribution in [2.75, 3.05) is 6.54 Å². The molecule has 1 nitrogen and oxygen atoms in total. The molecule has 0 saturated carbocycles. The van der Waals surface area contributed by atoms with Gasteiger partial charge in [0.2, 0.25) is 0 Å². The Hall–Kier alpha value is -0.390. The summed E-state index contributed by atoms with van der Waals surface area (Å²) in [5, 5.41) is 3.37. The van der Waals surface area contributed by atoms with E-state index in [1.165, 1.54) is 6.07 Å². The molecule has 1 aromatic carbocycles. The predicted octanol–water partition coefficient (Wildman–Crippen LogP) is 4.16. The highest BCUT2D eigenvalue weighted by molar-refractivity contribution is 8.00. The van der Waals surface area contributed by atoms with Crippen LogP contribution in [-0.2, 0) is 6.54 Å². The van der Waals surface area contributed by atoms with Gasteiger partial charge in [-0.25, -0.2) is 0 Å². The molecule has 0 bridgehead atoms. The number of alkyl halides is 3. The molecule has 1 heterocycles. The molecule has 0 saturated heterocycles. The number of fused-ring (bicyclic) bond motifs is 1. The van der Waals surface area contributed by atoms with Crippen molar-refractivity contribution in [2.45, 2.75) is 29.8 Å². The van der Waals surface area contributed by atoms with Crippen LogP contribution < -0.4 is 5.32 Å². The van der Waals surface area contributed by atoms with Gasteiger partial charge >= 0.3 is 5.51 Å². The van der Waals surface area contributed by atoms with E-state index in [-0.39, 0.29) is 27.6 Å². The van der Waals surface area contributed by atoms with E-state index in [2.05, 4.69) is 5.32 Å². The van der Waals surface area contributed by atoms with Crippen LogP contribution in [0.15, 0.2) is 17.0 Å². The molecule has 0 spiro atoms. The Morgan fingerprint density at radius 1 is 1.41 bits per heavy atom. The third-order valence-corrected chi connectivity index (χ3v) is 4.09. The Balaban J connectivity index is 2.39. The van der Waals surface area contributed by atoms with Crippen LogP contribution in [0, 0.1) is 0 Å². The van der Waals surface area contributed by atoms with E-state index in [4.69, 9.17) is 11.6 Å². The van der Waals surface area contributed by atoms with E-state index in [0.717, 1.165) is 17.7 Å². The van der Waals surface area contributed by atoms with Crippen LogP contribution in [0.25, 0.3) is 0 Å². The quantitative estimate of drug-likeness (QED) is 0.776. The Labute approximate surface area is 107 Å². The third kappa shape index (κ3) is 2.89. The molecule has 0 radical (unpaired) electrons. The lowest BCUT2D eigenvalue weighted by atomic mass is 9.92. The molecule has 94 valence electrons. The molecule has 1 aliphatic heterocycles. The lowest BCUT2D eigenvalue weighted by Crippen LogP contribution is -2.27. The summed E-state index contributed by atoms with van der Waals surface area (Å²) < 4.78 is 37.0. The van der Waals surface area contributed by atoms with E-state index in [1.54, 1.807) is 6.07 Å². The van der Waals surface area contributed by atoms with Crippen molar-refractivity contribution >= 4 is 23.4 Å². The summed E-state index contributed by atoms with van der Waals surface area (Å²) in [6.45, 7) is 3.39. The van der Waals surface area contributed by atoms with Gasteiger partial charge in [-0.05, 0) is 34.9 Å². The molecular formula is C11H11ClF3NS. The van der Waals surface area contributed by atoms with E-state index in [0.29, 0.717) is 6.54 Å². The summed E-state index contributed by atoms with van der Waals surface area (Å²) in [4.78, 5) is 0.0776. The summed E-state index contributed by atoms with van der Waals surface area (Å²) in [6.07, 6.45) is 0. The largest absolute Gasteiger partial charge is 0.446 e. The highest BCUT2D eigenvalue weighted by atomic mass is 35.5. The Kier molecular flexibility index (Phi) is 3.61. The molecule has 0 amide bonds. The second-order valence-electron chi connectivity index (χ2n) is 4.03. The number of hydrogen-bond donors (Lipinski definition) is 1. The second-order valence-corrected chi connectivity index (χ2v) is 5.51. The molecule has 1 atom stereocenters. The van der Waals surface area contributed by atoms with Crippen molar-refractivity contribution in [1.82, 2.24) is 5.32 Å². The smallest absolute Gasteiger partial charge is 0.312 e. The minimum Gasteiger partial charge on any atom is -0.312 e. The first kappa shape index (κ1) is 13.1. The first-order valence-corrected chi connectivity index (χ1v) is 6.35. The first-order valence-electron chi connectivity index (χ1n) is 5.16. The Morgan fingerprint density at radius 3 is 2.76 bits per heavy atom. The molecule has 1 unspecified atom stereocenters. The number of nitrogens with one attached hydrogen (secondary N) is 1. The van der Waals surface area contributed by atoms with Crippen LogP contribution in [0.3, 0.4) is 0 Å². The van der Waals surface area contributed by atoms with Crippen molar-refractivity contribution in [3.63, 3.8) is 0 Å². The number of benzene rings is 1. The Morgan fingerprint density at radius 2 is 2.12 bits per heavy atom. The molecule has 1 aromatic rings. The van der Waals surface area contributed by atoms with E-state index in [9.17, 15) is 13.2 Å². The molecule has 0 fully saturated rings. The topological polar surface area (TPSA) is 12.0 Å².